The number of hydrogen-bond acceptors (Lipinski definition) is 4. The molecule has 0 saturated heterocycles. The molecule has 25 heavy (non-hydrogen) atoms. The average Bonchev–Trinajstić information content (AvgIpc) is 2.59. The van der Waals surface area contributed by atoms with Crippen LogP contribution in [0.2, 0.25) is 0 Å². The third kappa shape index (κ3) is 5.48. The van der Waals surface area contributed by atoms with Crippen molar-refractivity contribution in [3.63, 3.8) is 0 Å². The van der Waals surface area contributed by atoms with Crippen molar-refractivity contribution in [3.8, 4) is 11.8 Å². The summed E-state index contributed by atoms with van der Waals surface area (Å²) in [5.74, 6) is -0.609. The fraction of sp³-hybridized carbons (Fsp3) is 0.0556. The maximum atomic E-state index is 12.8. The van der Waals surface area contributed by atoms with Crippen molar-refractivity contribution in [1.82, 2.24) is 5.32 Å². The summed E-state index contributed by atoms with van der Waals surface area (Å²) in [7, 11) is 0. The van der Waals surface area contributed by atoms with Crippen LogP contribution >= 0.6 is 0 Å². The number of urea groups is 1. The number of carbonyl (C=O) groups is 2. The van der Waals surface area contributed by atoms with E-state index >= 15 is 0 Å². The van der Waals surface area contributed by atoms with Gasteiger partial charge in [-0.1, -0.05) is 24.3 Å². The van der Waals surface area contributed by atoms with Crippen molar-refractivity contribution in [2.75, 3.05) is 0 Å². The van der Waals surface area contributed by atoms with Crippen molar-refractivity contribution in [3.05, 3.63) is 71.0 Å². The van der Waals surface area contributed by atoms with Crippen LogP contribution in [-0.2, 0) is 11.4 Å². The molecular formula is C18H14FN3O3. The van der Waals surface area contributed by atoms with Crippen molar-refractivity contribution in [1.29, 1.82) is 5.26 Å². The van der Waals surface area contributed by atoms with Crippen molar-refractivity contribution in [2.45, 2.75) is 6.61 Å². The minimum absolute atomic E-state index is 0.251. The van der Waals surface area contributed by atoms with Crippen LogP contribution in [0.5, 0.6) is 5.75 Å². The first kappa shape index (κ1) is 17.7. The molecule has 126 valence electrons. The van der Waals surface area contributed by atoms with Gasteiger partial charge in [0.2, 0.25) is 0 Å². The van der Waals surface area contributed by atoms with E-state index in [0.29, 0.717) is 11.3 Å². The van der Waals surface area contributed by atoms with Gasteiger partial charge >= 0.3 is 6.03 Å². The van der Waals surface area contributed by atoms with Gasteiger partial charge in [-0.05, 0) is 41.5 Å². The molecule has 0 aromatic heterocycles. The molecule has 0 radical (unpaired) electrons. The molecule has 0 aliphatic rings. The summed E-state index contributed by atoms with van der Waals surface area (Å²) in [6, 6.07) is 13.3. The Hall–Kier alpha value is -3.66. The molecule has 0 unspecified atom stereocenters. The number of halogens is 1. The Morgan fingerprint density at radius 3 is 2.36 bits per heavy atom. The van der Waals surface area contributed by atoms with Crippen LogP contribution in [0.1, 0.15) is 11.1 Å². The standard InChI is InChI=1S/C18H14FN3O3/c19-15-5-1-13(2-6-15)11-25-16-7-3-12(4-8-16)9-14(10-20)17(23)22-18(21)24/h1-9H,11H2,(H3,21,22,23,24)/b14-9-. The Bertz CT molecular complexity index is 837. The second-order valence-corrected chi connectivity index (χ2v) is 4.97. The van der Waals surface area contributed by atoms with Crippen LogP contribution in [0, 0.1) is 17.1 Å². The summed E-state index contributed by atoms with van der Waals surface area (Å²) in [5.41, 5.74) is 5.99. The highest BCUT2D eigenvalue weighted by Gasteiger charge is 2.10. The number of nitrogens with two attached hydrogens (primary N) is 1. The van der Waals surface area contributed by atoms with Gasteiger partial charge in [-0.2, -0.15) is 5.26 Å². The predicted molar refractivity (Wildman–Crippen MR) is 88.5 cm³/mol. The quantitative estimate of drug-likeness (QED) is 0.645. The molecule has 2 aromatic rings. The number of nitriles is 1. The number of imide groups is 1. The van der Waals surface area contributed by atoms with E-state index in [1.807, 2.05) is 5.32 Å². The maximum absolute atomic E-state index is 12.8. The number of nitrogens with zero attached hydrogens (tertiary/aromatic N) is 1. The molecule has 0 atom stereocenters. The molecule has 0 saturated carbocycles. The molecule has 0 heterocycles. The highest BCUT2D eigenvalue weighted by Crippen LogP contribution is 2.16. The Morgan fingerprint density at radius 2 is 1.80 bits per heavy atom. The topological polar surface area (TPSA) is 105 Å². The summed E-state index contributed by atoms with van der Waals surface area (Å²) in [4.78, 5) is 22.2. The Kier molecular flexibility index (Phi) is 5.85. The van der Waals surface area contributed by atoms with Crippen molar-refractivity contribution < 1.29 is 18.7 Å². The number of primary amides is 1. The first-order valence-electron chi connectivity index (χ1n) is 7.18. The maximum Gasteiger partial charge on any atom is 0.319 e. The molecule has 0 aliphatic heterocycles. The third-order valence-electron chi connectivity index (χ3n) is 3.11. The van der Waals surface area contributed by atoms with E-state index in [9.17, 15) is 14.0 Å². The molecule has 0 fully saturated rings. The van der Waals surface area contributed by atoms with Crippen LogP contribution < -0.4 is 15.8 Å². The summed E-state index contributed by atoms with van der Waals surface area (Å²) < 4.78 is 18.4. The number of amides is 3. The van der Waals surface area contributed by atoms with E-state index < -0.39 is 11.9 Å². The average molecular weight is 339 g/mol. The minimum Gasteiger partial charge on any atom is -0.489 e. The summed E-state index contributed by atoms with van der Waals surface area (Å²) in [5, 5.41) is 10.8. The van der Waals surface area contributed by atoms with E-state index in [4.69, 9.17) is 15.7 Å². The monoisotopic (exact) mass is 339 g/mol. The van der Waals surface area contributed by atoms with Crippen LogP contribution in [-0.4, -0.2) is 11.9 Å². The highest BCUT2D eigenvalue weighted by atomic mass is 19.1. The lowest BCUT2D eigenvalue weighted by Crippen LogP contribution is -2.35. The fourth-order valence-electron chi connectivity index (χ4n) is 1.90. The second-order valence-electron chi connectivity index (χ2n) is 4.97. The fourth-order valence-corrected chi connectivity index (χ4v) is 1.90. The molecule has 3 amide bonds. The zero-order valence-corrected chi connectivity index (χ0v) is 13.0. The van der Waals surface area contributed by atoms with Crippen molar-refractivity contribution >= 4 is 18.0 Å². The lowest BCUT2D eigenvalue weighted by atomic mass is 10.1. The first-order valence-corrected chi connectivity index (χ1v) is 7.18. The largest absolute Gasteiger partial charge is 0.489 e. The first-order chi connectivity index (χ1) is 12.0. The van der Waals surface area contributed by atoms with E-state index in [1.54, 1.807) is 42.5 Å². The summed E-state index contributed by atoms with van der Waals surface area (Å²) >= 11 is 0. The van der Waals surface area contributed by atoms with Crippen LogP contribution in [0.25, 0.3) is 6.08 Å². The van der Waals surface area contributed by atoms with Gasteiger partial charge in [0.25, 0.3) is 5.91 Å². The molecule has 7 heteroatoms. The normalized spacial score (nSPS) is 10.6. The highest BCUT2D eigenvalue weighted by molar-refractivity contribution is 6.08. The number of hydrogen-bond donors (Lipinski definition) is 2. The number of carbonyl (C=O) groups excluding carboxylic acids is 2. The number of ether oxygens (including phenoxy) is 1. The van der Waals surface area contributed by atoms with Crippen LogP contribution in [0.3, 0.4) is 0 Å². The van der Waals surface area contributed by atoms with Gasteiger partial charge in [-0.25, -0.2) is 9.18 Å². The van der Waals surface area contributed by atoms with Gasteiger partial charge in [-0.15, -0.1) is 0 Å². The number of nitrogens with one attached hydrogen (secondary N) is 1. The van der Waals surface area contributed by atoms with Gasteiger partial charge in [-0.3, -0.25) is 10.1 Å². The molecular weight excluding hydrogens is 325 g/mol. The van der Waals surface area contributed by atoms with E-state index in [-0.39, 0.29) is 18.0 Å². The van der Waals surface area contributed by atoms with Crippen LogP contribution in [0.4, 0.5) is 9.18 Å². The van der Waals surface area contributed by atoms with E-state index in [0.717, 1.165) is 5.56 Å². The molecule has 0 spiro atoms. The second kappa shape index (κ2) is 8.26. The zero-order chi connectivity index (χ0) is 18.2. The Balaban J connectivity index is 2.02. The van der Waals surface area contributed by atoms with Gasteiger partial charge in [0.05, 0.1) is 0 Å². The Morgan fingerprint density at radius 1 is 1.16 bits per heavy atom. The summed E-state index contributed by atoms with van der Waals surface area (Å²) in [6.07, 6.45) is 1.32. The van der Waals surface area contributed by atoms with Gasteiger partial charge in [0.1, 0.15) is 29.8 Å². The molecule has 3 N–H and O–H groups in total. The molecule has 6 nitrogen and oxygen atoms in total. The van der Waals surface area contributed by atoms with Gasteiger partial charge in [0.15, 0.2) is 0 Å². The molecule has 2 aromatic carbocycles. The SMILES string of the molecule is N#C/C(=C/c1ccc(OCc2ccc(F)cc2)cc1)C(=O)NC(N)=O. The number of rotatable bonds is 5. The zero-order valence-electron chi connectivity index (χ0n) is 13.0. The third-order valence-corrected chi connectivity index (χ3v) is 3.11. The van der Waals surface area contributed by atoms with E-state index in [2.05, 4.69) is 0 Å². The predicted octanol–water partition coefficient (Wildman–Crippen LogP) is 2.51. The Labute approximate surface area is 143 Å². The molecule has 0 aliphatic carbocycles. The van der Waals surface area contributed by atoms with Crippen LogP contribution in [0.15, 0.2) is 54.1 Å². The lowest BCUT2D eigenvalue weighted by molar-refractivity contribution is -0.115. The smallest absolute Gasteiger partial charge is 0.319 e. The molecule has 0 bridgehead atoms. The summed E-state index contributed by atoms with van der Waals surface area (Å²) in [6.45, 7) is 0.278. The minimum atomic E-state index is -1.03. The van der Waals surface area contributed by atoms with E-state index in [1.165, 1.54) is 18.2 Å². The van der Waals surface area contributed by atoms with Crippen molar-refractivity contribution in [2.24, 2.45) is 5.73 Å². The lowest BCUT2D eigenvalue weighted by Gasteiger charge is -2.06. The molecule has 2 rings (SSSR count). The van der Waals surface area contributed by atoms with Gasteiger partial charge < -0.3 is 10.5 Å². The number of benzene rings is 2. The van der Waals surface area contributed by atoms with Gasteiger partial charge in [0, 0.05) is 0 Å².